The molecule has 0 radical (unpaired) electrons. The van der Waals surface area contributed by atoms with Crippen LogP contribution in [0.15, 0.2) is 0 Å². The Bertz CT molecular complexity index is 957. The van der Waals surface area contributed by atoms with Gasteiger partial charge in [0.15, 0.2) is 0 Å². The van der Waals surface area contributed by atoms with Crippen molar-refractivity contribution in [3.05, 3.63) is 0 Å². The number of nitrogens with zero attached hydrogens (tertiary/aromatic N) is 1. The normalized spacial score (nSPS) is 13.7. The number of hydrogen-bond acceptors (Lipinski definition) is 11. The topological polar surface area (TPSA) is 166 Å². The van der Waals surface area contributed by atoms with Crippen LogP contribution < -0.4 is 0 Å². The second-order valence-corrected chi connectivity index (χ2v) is 18.5. The summed E-state index contributed by atoms with van der Waals surface area (Å²) in [6, 6.07) is 0. The maximum atomic E-state index is 12.9. The minimum absolute atomic E-state index is 0.0250. The van der Waals surface area contributed by atoms with Crippen molar-refractivity contribution in [3.8, 4) is 0 Å². The molecule has 11 heteroatoms. The van der Waals surface area contributed by atoms with Crippen LogP contribution in [-0.4, -0.2) is 119 Å². The monoisotopic (exact) mass is 902 g/mol. The lowest BCUT2D eigenvalue weighted by atomic mass is 10.0. The van der Waals surface area contributed by atoms with E-state index in [1.54, 1.807) is 0 Å². The number of esters is 2. The first-order chi connectivity index (χ1) is 30.7. The quantitative estimate of drug-likeness (QED) is 0.0291. The molecule has 0 saturated heterocycles. The molecular weight excluding hydrogens is 799 g/mol. The molecule has 4 atom stereocenters. The molecule has 0 aliphatic heterocycles. The number of unbranched alkanes of at least 4 members (excludes halogenated alkanes) is 25. The van der Waals surface area contributed by atoms with E-state index in [-0.39, 0.29) is 24.6 Å². The standard InChI is InChI=1S/C52H103NO10/c1-4-7-10-13-16-17-18-24-33-43-62-49(57)37-29-25-31-40-53(41-32-34-42-61-45-48(56)52(60)51(59)47(55)44-54)39-30-23-19-22-28-38-50(58)63-46(35-26-20-14-11-8-5-2)36-27-21-15-12-9-6-3/h46-48,51-52,54-56,59-60H,4-45H2,1-3H3/t47-,48-,51-,52-/m0/s1. The minimum atomic E-state index is -1.66. The van der Waals surface area contributed by atoms with Crippen LogP contribution in [0.3, 0.4) is 0 Å². The fourth-order valence-electron chi connectivity index (χ4n) is 8.14. The van der Waals surface area contributed by atoms with Gasteiger partial charge in [-0.15, -0.1) is 0 Å². The van der Waals surface area contributed by atoms with Gasteiger partial charge in [-0.1, -0.05) is 162 Å². The van der Waals surface area contributed by atoms with Gasteiger partial charge in [-0.2, -0.15) is 0 Å². The first-order valence-electron chi connectivity index (χ1n) is 26.7. The number of hydrogen-bond donors (Lipinski definition) is 5. The summed E-state index contributed by atoms with van der Waals surface area (Å²) in [6.07, 6.45) is 32.8. The molecule has 0 aliphatic carbocycles. The second kappa shape index (κ2) is 47.2. The van der Waals surface area contributed by atoms with Gasteiger partial charge < -0.3 is 44.6 Å². The summed E-state index contributed by atoms with van der Waals surface area (Å²) in [7, 11) is 0. The van der Waals surface area contributed by atoms with E-state index >= 15 is 0 Å². The molecule has 0 amide bonds. The molecule has 5 N–H and O–H groups in total. The third-order valence-corrected chi connectivity index (χ3v) is 12.4. The van der Waals surface area contributed by atoms with E-state index in [9.17, 15) is 30.0 Å². The molecule has 0 unspecified atom stereocenters. The van der Waals surface area contributed by atoms with Crippen molar-refractivity contribution >= 4 is 11.9 Å². The van der Waals surface area contributed by atoms with Gasteiger partial charge in [0.05, 0.1) is 19.8 Å². The Morgan fingerprint density at radius 2 is 0.825 bits per heavy atom. The zero-order valence-electron chi connectivity index (χ0n) is 41.3. The fraction of sp³-hybridized carbons (Fsp3) is 0.962. The molecule has 0 aromatic rings. The van der Waals surface area contributed by atoms with Crippen LogP contribution in [0.1, 0.15) is 245 Å². The number of rotatable bonds is 50. The molecule has 0 aromatic carbocycles. The Morgan fingerprint density at radius 3 is 1.33 bits per heavy atom. The molecular formula is C52H103NO10. The summed E-state index contributed by atoms with van der Waals surface area (Å²) in [5.41, 5.74) is 0. The molecule has 11 nitrogen and oxygen atoms in total. The van der Waals surface area contributed by atoms with E-state index in [0.29, 0.717) is 26.1 Å². The van der Waals surface area contributed by atoms with E-state index < -0.39 is 31.0 Å². The average Bonchev–Trinajstić information content (AvgIpc) is 3.28. The highest BCUT2D eigenvalue weighted by atomic mass is 16.5. The molecule has 0 saturated carbocycles. The van der Waals surface area contributed by atoms with E-state index in [0.717, 1.165) is 122 Å². The number of carbonyl (C=O) groups excluding carboxylic acids is 2. The van der Waals surface area contributed by atoms with E-state index in [2.05, 4.69) is 25.7 Å². The van der Waals surface area contributed by atoms with Crippen molar-refractivity contribution in [3.63, 3.8) is 0 Å². The molecule has 0 aliphatic rings. The molecule has 0 bridgehead atoms. The molecule has 0 spiro atoms. The summed E-state index contributed by atoms with van der Waals surface area (Å²) in [4.78, 5) is 27.7. The van der Waals surface area contributed by atoms with Crippen LogP contribution in [0.2, 0.25) is 0 Å². The molecule has 376 valence electrons. The van der Waals surface area contributed by atoms with Crippen molar-refractivity contribution in [2.75, 3.05) is 46.1 Å². The number of aliphatic hydroxyl groups excluding tert-OH is 5. The van der Waals surface area contributed by atoms with Crippen molar-refractivity contribution in [1.29, 1.82) is 0 Å². The predicted molar refractivity (Wildman–Crippen MR) is 258 cm³/mol. The summed E-state index contributed by atoms with van der Waals surface area (Å²) < 4.78 is 17.1. The molecule has 0 heterocycles. The molecule has 0 aromatic heterocycles. The molecule has 0 rings (SSSR count). The van der Waals surface area contributed by atoms with Crippen LogP contribution in [0.4, 0.5) is 0 Å². The van der Waals surface area contributed by atoms with Gasteiger partial charge in [0, 0.05) is 19.4 Å². The Morgan fingerprint density at radius 1 is 0.444 bits per heavy atom. The van der Waals surface area contributed by atoms with Gasteiger partial charge in [0.2, 0.25) is 0 Å². The highest BCUT2D eigenvalue weighted by molar-refractivity contribution is 5.69. The van der Waals surface area contributed by atoms with Crippen molar-refractivity contribution in [2.24, 2.45) is 0 Å². The first kappa shape index (κ1) is 61.7. The van der Waals surface area contributed by atoms with E-state index in [1.807, 2.05) is 0 Å². The molecule has 63 heavy (non-hydrogen) atoms. The van der Waals surface area contributed by atoms with Crippen LogP contribution in [0, 0.1) is 0 Å². The number of carbonyl (C=O) groups is 2. The SMILES string of the molecule is CCCCCCCCCCCOC(=O)CCCCCN(CCCCCCCC(=O)OC(CCCCCCCC)CCCCCCCC)CCCCOC[C@H](O)[C@H](O)[C@@H](O)[C@@H](O)CO. The second-order valence-electron chi connectivity index (χ2n) is 18.5. The lowest BCUT2D eigenvalue weighted by Crippen LogP contribution is -2.47. The Kier molecular flexibility index (Phi) is 46.2. The first-order valence-corrected chi connectivity index (χ1v) is 26.7. The zero-order valence-corrected chi connectivity index (χ0v) is 41.3. The van der Waals surface area contributed by atoms with E-state index in [4.69, 9.17) is 19.3 Å². The van der Waals surface area contributed by atoms with Gasteiger partial charge in [-0.3, -0.25) is 9.59 Å². The van der Waals surface area contributed by atoms with Crippen molar-refractivity contribution in [2.45, 2.75) is 276 Å². The van der Waals surface area contributed by atoms with Gasteiger partial charge in [0.25, 0.3) is 0 Å². The Hall–Kier alpha value is -1.34. The van der Waals surface area contributed by atoms with Crippen LogP contribution in [-0.2, 0) is 23.8 Å². The largest absolute Gasteiger partial charge is 0.466 e. The zero-order chi connectivity index (χ0) is 46.4. The summed E-state index contributed by atoms with van der Waals surface area (Å²) in [5.74, 6) is -0.111. The van der Waals surface area contributed by atoms with Crippen LogP contribution in [0.25, 0.3) is 0 Å². The van der Waals surface area contributed by atoms with Gasteiger partial charge in [-0.05, 0) is 90.3 Å². The lowest BCUT2D eigenvalue weighted by molar-refractivity contribution is -0.150. The minimum Gasteiger partial charge on any atom is -0.466 e. The van der Waals surface area contributed by atoms with E-state index in [1.165, 1.54) is 109 Å². The summed E-state index contributed by atoms with van der Waals surface area (Å²) in [6.45, 7) is 9.60. The summed E-state index contributed by atoms with van der Waals surface area (Å²) in [5, 5.41) is 48.5. The Balaban J connectivity index is 4.62. The lowest BCUT2D eigenvalue weighted by Gasteiger charge is -2.25. The summed E-state index contributed by atoms with van der Waals surface area (Å²) >= 11 is 0. The maximum absolute atomic E-state index is 12.9. The van der Waals surface area contributed by atoms with Gasteiger partial charge in [-0.25, -0.2) is 0 Å². The number of aliphatic hydroxyl groups is 5. The highest BCUT2D eigenvalue weighted by Gasteiger charge is 2.30. The predicted octanol–water partition coefficient (Wildman–Crippen LogP) is 10.9. The van der Waals surface area contributed by atoms with Gasteiger partial charge in [0.1, 0.15) is 30.5 Å². The average molecular weight is 902 g/mol. The number of ether oxygens (including phenoxy) is 3. The third-order valence-electron chi connectivity index (χ3n) is 12.4. The highest BCUT2D eigenvalue weighted by Crippen LogP contribution is 2.19. The van der Waals surface area contributed by atoms with Crippen LogP contribution in [0.5, 0.6) is 0 Å². The van der Waals surface area contributed by atoms with Gasteiger partial charge >= 0.3 is 11.9 Å². The Labute approximate surface area is 387 Å². The maximum Gasteiger partial charge on any atom is 0.306 e. The third kappa shape index (κ3) is 40.6. The molecule has 0 fully saturated rings. The fourth-order valence-corrected chi connectivity index (χ4v) is 8.14. The van der Waals surface area contributed by atoms with Crippen LogP contribution >= 0.6 is 0 Å². The van der Waals surface area contributed by atoms with Crippen molar-refractivity contribution < 1.29 is 49.3 Å². The smallest absolute Gasteiger partial charge is 0.306 e. The van der Waals surface area contributed by atoms with Crippen molar-refractivity contribution in [1.82, 2.24) is 4.90 Å².